The van der Waals surface area contributed by atoms with Gasteiger partial charge in [0.15, 0.2) is 0 Å². The van der Waals surface area contributed by atoms with E-state index in [1.54, 1.807) is 0 Å². The van der Waals surface area contributed by atoms with Gasteiger partial charge in [0.1, 0.15) is 0 Å². The Kier molecular flexibility index (Phi) is 4.14. The molecule has 4 nitrogen and oxygen atoms in total. The molecule has 0 aromatic carbocycles. The van der Waals surface area contributed by atoms with E-state index in [-0.39, 0.29) is 12.3 Å². The fraction of sp³-hybridized carbons (Fsp3) is 1.00. The highest BCUT2D eigenvalue weighted by Gasteiger charge is 2.26. The molecule has 0 bridgehead atoms. The van der Waals surface area contributed by atoms with Crippen LogP contribution in [0.4, 0.5) is 0 Å². The molecule has 0 aromatic rings. The molecule has 0 aromatic heterocycles. The molecule has 1 fully saturated rings. The zero-order chi connectivity index (χ0) is 10.8. The van der Waals surface area contributed by atoms with Crippen molar-refractivity contribution in [2.24, 2.45) is 11.8 Å². The minimum absolute atomic E-state index is 0.0359. The molecule has 1 aliphatic heterocycles. The van der Waals surface area contributed by atoms with E-state index in [4.69, 9.17) is 14.5 Å². The molecule has 1 aliphatic rings. The summed E-state index contributed by atoms with van der Waals surface area (Å²) in [7, 11) is -3.85. The molecule has 0 amide bonds. The zero-order valence-electron chi connectivity index (χ0n) is 8.72. The Hall–Kier alpha value is 0.110. The molecule has 14 heavy (non-hydrogen) atoms. The Labute approximate surface area is 84.8 Å². The lowest BCUT2D eigenvalue weighted by atomic mass is 9.88. The SMILES string of the molecule is CC1COC(CCP(=O)(O)O)CC1C. The molecule has 0 aliphatic carbocycles. The van der Waals surface area contributed by atoms with Crippen molar-refractivity contribution in [3.05, 3.63) is 0 Å². The summed E-state index contributed by atoms with van der Waals surface area (Å²) in [6.45, 7) is 5.02. The van der Waals surface area contributed by atoms with E-state index in [0.29, 0.717) is 24.9 Å². The first kappa shape index (κ1) is 12.2. The first-order valence-corrected chi connectivity index (χ1v) is 6.84. The average molecular weight is 222 g/mol. The van der Waals surface area contributed by atoms with Crippen LogP contribution in [-0.4, -0.2) is 28.7 Å². The van der Waals surface area contributed by atoms with Crippen LogP contribution in [-0.2, 0) is 9.30 Å². The van der Waals surface area contributed by atoms with Crippen molar-refractivity contribution in [3.63, 3.8) is 0 Å². The molecule has 0 saturated carbocycles. The van der Waals surface area contributed by atoms with Crippen LogP contribution in [0.25, 0.3) is 0 Å². The summed E-state index contributed by atoms with van der Waals surface area (Å²) < 4.78 is 16.2. The van der Waals surface area contributed by atoms with E-state index in [2.05, 4.69) is 13.8 Å². The van der Waals surface area contributed by atoms with Gasteiger partial charge < -0.3 is 14.5 Å². The Morgan fingerprint density at radius 2 is 2.00 bits per heavy atom. The van der Waals surface area contributed by atoms with Crippen LogP contribution in [0.15, 0.2) is 0 Å². The van der Waals surface area contributed by atoms with E-state index in [1.807, 2.05) is 0 Å². The lowest BCUT2D eigenvalue weighted by Gasteiger charge is -2.32. The summed E-state index contributed by atoms with van der Waals surface area (Å²) in [6.07, 6.45) is 1.37. The van der Waals surface area contributed by atoms with E-state index in [9.17, 15) is 4.57 Å². The molecule has 1 rings (SSSR count). The van der Waals surface area contributed by atoms with E-state index >= 15 is 0 Å². The summed E-state index contributed by atoms with van der Waals surface area (Å²) in [4.78, 5) is 17.4. The minimum Gasteiger partial charge on any atom is -0.378 e. The Morgan fingerprint density at radius 1 is 1.36 bits per heavy atom. The van der Waals surface area contributed by atoms with E-state index in [0.717, 1.165) is 6.42 Å². The molecular weight excluding hydrogens is 203 g/mol. The fourth-order valence-corrected chi connectivity index (χ4v) is 2.30. The molecule has 1 saturated heterocycles. The maximum Gasteiger partial charge on any atom is 0.325 e. The number of hydrogen-bond donors (Lipinski definition) is 2. The van der Waals surface area contributed by atoms with E-state index < -0.39 is 7.60 Å². The third-order valence-electron chi connectivity index (χ3n) is 2.94. The third kappa shape index (κ3) is 4.09. The molecule has 3 unspecified atom stereocenters. The van der Waals surface area contributed by atoms with Crippen molar-refractivity contribution in [2.75, 3.05) is 12.8 Å². The van der Waals surface area contributed by atoms with Crippen molar-refractivity contribution in [2.45, 2.75) is 32.8 Å². The Morgan fingerprint density at radius 3 is 2.50 bits per heavy atom. The van der Waals surface area contributed by atoms with Gasteiger partial charge in [0, 0.05) is 6.61 Å². The van der Waals surface area contributed by atoms with Crippen LogP contribution in [0.3, 0.4) is 0 Å². The van der Waals surface area contributed by atoms with Gasteiger partial charge in [-0.3, -0.25) is 4.57 Å². The monoisotopic (exact) mass is 222 g/mol. The van der Waals surface area contributed by atoms with Gasteiger partial charge in [-0.2, -0.15) is 0 Å². The highest BCUT2D eigenvalue weighted by atomic mass is 31.2. The van der Waals surface area contributed by atoms with Gasteiger partial charge in [-0.1, -0.05) is 13.8 Å². The molecule has 0 spiro atoms. The molecule has 2 N–H and O–H groups in total. The lowest BCUT2D eigenvalue weighted by Crippen LogP contribution is -2.31. The van der Waals surface area contributed by atoms with Crippen LogP contribution < -0.4 is 0 Å². The summed E-state index contributed by atoms with van der Waals surface area (Å²) in [5.74, 6) is 1.15. The van der Waals surface area contributed by atoms with Crippen molar-refractivity contribution < 1.29 is 19.1 Å². The van der Waals surface area contributed by atoms with Crippen LogP contribution in [0.5, 0.6) is 0 Å². The van der Waals surface area contributed by atoms with Gasteiger partial charge in [0.2, 0.25) is 0 Å². The van der Waals surface area contributed by atoms with Crippen molar-refractivity contribution in [1.82, 2.24) is 0 Å². The molecule has 3 atom stereocenters. The molecular formula is C9H19O4P. The molecule has 5 heteroatoms. The average Bonchev–Trinajstić information content (AvgIpc) is 2.06. The third-order valence-corrected chi connectivity index (χ3v) is 3.78. The Balaban J connectivity index is 2.30. The first-order chi connectivity index (χ1) is 6.38. The predicted molar refractivity (Wildman–Crippen MR) is 54.2 cm³/mol. The van der Waals surface area contributed by atoms with Crippen LogP contribution in [0.1, 0.15) is 26.7 Å². The summed E-state index contributed by atoms with van der Waals surface area (Å²) in [6, 6.07) is 0. The largest absolute Gasteiger partial charge is 0.378 e. The maximum absolute atomic E-state index is 10.7. The van der Waals surface area contributed by atoms with Crippen LogP contribution in [0, 0.1) is 11.8 Å². The second-order valence-electron chi connectivity index (χ2n) is 4.32. The quantitative estimate of drug-likeness (QED) is 0.712. The maximum atomic E-state index is 10.7. The van der Waals surface area contributed by atoms with Gasteiger partial charge in [-0.15, -0.1) is 0 Å². The Bertz CT molecular complexity index is 225. The van der Waals surface area contributed by atoms with Crippen molar-refractivity contribution in [3.8, 4) is 0 Å². The minimum atomic E-state index is -3.85. The molecule has 0 radical (unpaired) electrons. The smallest absolute Gasteiger partial charge is 0.325 e. The lowest BCUT2D eigenvalue weighted by molar-refractivity contribution is -0.0378. The van der Waals surface area contributed by atoms with Crippen LogP contribution >= 0.6 is 7.60 Å². The zero-order valence-corrected chi connectivity index (χ0v) is 9.61. The van der Waals surface area contributed by atoms with E-state index in [1.165, 1.54) is 0 Å². The summed E-state index contributed by atoms with van der Waals surface area (Å²) in [5.41, 5.74) is 0. The highest BCUT2D eigenvalue weighted by Crippen LogP contribution is 2.37. The standard InChI is InChI=1S/C9H19O4P/c1-7-5-9(13-6-8(7)2)3-4-14(10,11)12/h7-9H,3-6H2,1-2H3,(H2,10,11,12). The van der Waals surface area contributed by atoms with Gasteiger partial charge in [0.25, 0.3) is 0 Å². The summed E-state index contributed by atoms with van der Waals surface area (Å²) >= 11 is 0. The second-order valence-corrected chi connectivity index (χ2v) is 6.10. The van der Waals surface area contributed by atoms with Gasteiger partial charge in [0.05, 0.1) is 12.3 Å². The van der Waals surface area contributed by atoms with Crippen LogP contribution in [0.2, 0.25) is 0 Å². The van der Waals surface area contributed by atoms with Gasteiger partial charge in [-0.25, -0.2) is 0 Å². The van der Waals surface area contributed by atoms with Crippen molar-refractivity contribution >= 4 is 7.60 Å². The predicted octanol–water partition coefficient (Wildman–Crippen LogP) is 1.62. The van der Waals surface area contributed by atoms with Gasteiger partial charge in [-0.05, 0) is 24.7 Å². The highest BCUT2D eigenvalue weighted by molar-refractivity contribution is 7.51. The number of hydrogen-bond acceptors (Lipinski definition) is 2. The fourth-order valence-electron chi connectivity index (χ4n) is 1.68. The van der Waals surface area contributed by atoms with Gasteiger partial charge >= 0.3 is 7.60 Å². The first-order valence-electron chi connectivity index (χ1n) is 5.04. The van der Waals surface area contributed by atoms with Crippen molar-refractivity contribution in [1.29, 1.82) is 0 Å². The second kappa shape index (κ2) is 4.75. The molecule has 1 heterocycles. The summed E-state index contributed by atoms with van der Waals surface area (Å²) in [5, 5.41) is 0. The topological polar surface area (TPSA) is 66.8 Å². The number of rotatable bonds is 3. The molecule has 84 valence electrons. The number of ether oxygens (including phenoxy) is 1. The normalized spacial score (nSPS) is 34.4.